The lowest BCUT2D eigenvalue weighted by Crippen LogP contribution is -2.30. The van der Waals surface area contributed by atoms with Crippen LogP contribution < -0.4 is 0 Å². The summed E-state index contributed by atoms with van der Waals surface area (Å²) in [5, 5.41) is 0. The second-order valence-electron chi connectivity index (χ2n) is 6.72. The first kappa shape index (κ1) is 17.4. The largest absolute Gasteiger partial charge is 0.464 e. The van der Waals surface area contributed by atoms with Crippen molar-refractivity contribution >= 4 is 17.6 Å². The van der Waals surface area contributed by atoms with Crippen LogP contribution in [0.4, 0.5) is 0 Å². The van der Waals surface area contributed by atoms with E-state index in [0.29, 0.717) is 23.7 Å². The molecule has 0 amide bonds. The first-order valence-corrected chi connectivity index (χ1v) is 8.72. The van der Waals surface area contributed by atoms with Gasteiger partial charge in [0, 0.05) is 20.1 Å². The summed E-state index contributed by atoms with van der Waals surface area (Å²) in [5.74, 6) is 2.07. The van der Waals surface area contributed by atoms with Gasteiger partial charge in [0.15, 0.2) is 5.71 Å². The smallest absolute Gasteiger partial charge is 0.356 e. The van der Waals surface area contributed by atoms with Crippen molar-refractivity contribution in [3.8, 4) is 0 Å². The highest BCUT2D eigenvalue weighted by Gasteiger charge is 2.42. The molecule has 2 fully saturated rings. The Labute approximate surface area is 149 Å². The molecule has 5 heteroatoms. The molecule has 1 aliphatic heterocycles. The monoisotopic (exact) mass is 339 g/mol. The maximum atomic E-state index is 11.7. The lowest BCUT2D eigenvalue weighted by atomic mass is 9.96. The number of aliphatic imine (C=N–C) groups is 2. The van der Waals surface area contributed by atoms with Crippen molar-refractivity contribution in [1.29, 1.82) is 0 Å². The molecule has 2 unspecified atom stereocenters. The van der Waals surface area contributed by atoms with Crippen molar-refractivity contribution in [1.82, 2.24) is 4.90 Å². The van der Waals surface area contributed by atoms with Crippen molar-refractivity contribution in [2.75, 3.05) is 27.2 Å². The predicted octanol–water partition coefficient (Wildman–Crippen LogP) is 2.90. The second-order valence-corrected chi connectivity index (χ2v) is 6.72. The topological polar surface area (TPSA) is 54.3 Å². The molecule has 132 valence electrons. The third kappa shape index (κ3) is 3.65. The quantitative estimate of drug-likeness (QED) is 0.483. The Morgan fingerprint density at radius 3 is 2.40 bits per heavy atom. The van der Waals surface area contributed by atoms with Gasteiger partial charge in [-0.2, -0.15) is 0 Å². The fourth-order valence-electron chi connectivity index (χ4n) is 4.11. The van der Waals surface area contributed by atoms with Crippen molar-refractivity contribution in [3.05, 3.63) is 48.6 Å². The first-order valence-electron chi connectivity index (χ1n) is 8.72. The Bertz CT molecular complexity index is 682. The number of fused-ring (bicyclic) bond motifs is 1. The van der Waals surface area contributed by atoms with Crippen LogP contribution in [0, 0.1) is 11.8 Å². The number of ether oxygens (including phenoxy) is 1. The number of rotatable bonds is 3. The average molecular weight is 339 g/mol. The van der Waals surface area contributed by atoms with Gasteiger partial charge < -0.3 is 9.64 Å². The Morgan fingerprint density at radius 1 is 1.24 bits per heavy atom. The highest BCUT2D eigenvalue weighted by Crippen LogP contribution is 2.46. The summed E-state index contributed by atoms with van der Waals surface area (Å²) in [5.41, 5.74) is 1.65. The zero-order valence-electron chi connectivity index (χ0n) is 14.9. The third-order valence-electron chi connectivity index (χ3n) is 5.31. The van der Waals surface area contributed by atoms with Gasteiger partial charge >= 0.3 is 5.97 Å². The summed E-state index contributed by atoms with van der Waals surface area (Å²) >= 11 is 0. The Hall–Kier alpha value is -2.43. The lowest BCUT2D eigenvalue weighted by molar-refractivity contribution is -0.132. The SMILES string of the molecule is C=C/C(=N\C(=N/C)N1CC2CC(c3ccccc3)CC2C1)C(=O)OC. The molecule has 1 aliphatic carbocycles. The lowest BCUT2D eigenvalue weighted by Gasteiger charge is -2.20. The minimum atomic E-state index is -0.486. The van der Waals surface area contributed by atoms with Gasteiger partial charge in [0.25, 0.3) is 0 Å². The van der Waals surface area contributed by atoms with Gasteiger partial charge in [-0.25, -0.2) is 9.79 Å². The molecule has 5 nitrogen and oxygen atoms in total. The molecule has 0 spiro atoms. The van der Waals surface area contributed by atoms with Crippen LogP contribution in [0.1, 0.15) is 24.3 Å². The van der Waals surface area contributed by atoms with E-state index in [2.05, 4.69) is 51.8 Å². The highest BCUT2D eigenvalue weighted by atomic mass is 16.5. The molecule has 1 saturated heterocycles. The van der Waals surface area contributed by atoms with Crippen molar-refractivity contribution < 1.29 is 9.53 Å². The van der Waals surface area contributed by atoms with Gasteiger partial charge in [-0.1, -0.05) is 36.9 Å². The molecular formula is C20H25N3O2. The molecule has 1 heterocycles. The molecule has 1 aromatic carbocycles. The first-order chi connectivity index (χ1) is 12.2. The molecular weight excluding hydrogens is 314 g/mol. The molecule has 25 heavy (non-hydrogen) atoms. The zero-order chi connectivity index (χ0) is 17.8. The van der Waals surface area contributed by atoms with E-state index in [1.54, 1.807) is 7.05 Å². The second kappa shape index (κ2) is 7.64. The average Bonchev–Trinajstić information content (AvgIpc) is 3.22. The number of guanidine groups is 1. The molecule has 1 saturated carbocycles. The van der Waals surface area contributed by atoms with E-state index in [-0.39, 0.29) is 5.71 Å². The van der Waals surface area contributed by atoms with Crippen LogP contribution in [0.15, 0.2) is 53.0 Å². The van der Waals surface area contributed by atoms with Crippen LogP contribution in [0.25, 0.3) is 0 Å². The number of benzene rings is 1. The van der Waals surface area contributed by atoms with E-state index in [4.69, 9.17) is 4.74 Å². The molecule has 0 N–H and O–H groups in total. The molecule has 1 aromatic rings. The summed E-state index contributed by atoms with van der Waals surface area (Å²) in [6, 6.07) is 10.8. The number of carbonyl (C=O) groups excluding carboxylic acids is 1. The molecule has 0 radical (unpaired) electrons. The summed E-state index contributed by atoms with van der Waals surface area (Å²) in [6.07, 6.45) is 3.83. The van der Waals surface area contributed by atoms with Gasteiger partial charge in [0.1, 0.15) is 0 Å². The van der Waals surface area contributed by atoms with Crippen LogP contribution in [-0.2, 0) is 9.53 Å². The number of esters is 1. The van der Waals surface area contributed by atoms with E-state index in [1.165, 1.54) is 31.6 Å². The van der Waals surface area contributed by atoms with Crippen LogP contribution in [0.3, 0.4) is 0 Å². The van der Waals surface area contributed by atoms with Gasteiger partial charge in [0.2, 0.25) is 5.96 Å². The minimum Gasteiger partial charge on any atom is -0.464 e. The van der Waals surface area contributed by atoms with Gasteiger partial charge in [-0.05, 0) is 42.2 Å². The van der Waals surface area contributed by atoms with Crippen LogP contribution in [0.2, 0.25) is 0 Å². The fraction of sp³-hybridized carbons (Fsp3) is 0.450. The molecule has 3 rings (SSSR count). The van der Waals surface area contributed by atoms with Gasteiger partial charge in [0.05, 0.1) is 7.11 Å². The number of hydrogen-bond acceptors (Lipinski definition) is 3. The van der Waals surface area contributed by atoms with Crippen LogP contribution in [-0.4, -0.2) is 49.8 Å². The zero-order valence-corrected chi connectivity index (χ0v) is 14.9. The van der Waals surface area contributed by atoms with Crippen LogP contribution >= 0.6 is 0 Å². The molecule has 2 aliphatic rings. The van der Waals surface area contributed by atoms with Crippen molar-refractivity contribution in [2.45, 2.75) is 18.8 Å². The minimum absolute atomic E-state index is 0.197. The summed E-state index contributed by atoms with van der Waals surface area (Å²) in [4.78, 5) is 22.5. The van der Waals surface area contributed by atoms with Crippen molar-refractivity contribution in [2.24, 2.45) is 21.8 Å². The Morgan fingerprint density at radius 2 is 1.88 bits per heavy atom. The number of nitrogens with zero attached hydrogens (tertiary/aromatic N) is 3. The van der Waals surface area contributed by atoms with Gasteiger partial charge in [-0.3, -0.25) is 4.99 Å². The normalized spacial score (nSPS) is 26.5. The van der Waals surface area contributed by atoms with Crippen LogP contribution in [0.5, 0.6) is 0 Å². The predicted molar refractivity (Wildman–Crippen MR) is 100.0 cm³/mol. The van der Waals surface area contributed by atoms with Gasteiger partial charge in [-0.15, -0.1) is 0 Å². The molecule has 0 bridgehead atoms. The van der Waals surface area contributed by atoms with E-state index in [0.717, 1.165) is 13.1 Å². The highest BCUT2D eigenvalue weighted by molar-refractivity contribution is 6.42. The summed E-state index contributed by atoms with van der Waals surface area (Å²) < 4.78 is 4.73. The maximum absolute atomic E-state index is 11.7. The van der Waals surface area contributed by atoms with E-state index < -0.39 is 5.97 Å². The Balaban J connectivity index is 1.67. The summed E-state index contributed by atoms with van der Waals surface area (Å²) in [6.45, 7) is 5.52. The number of likely N-dealkylation sites (tertiary alicyclic amines) is 1. The van der Waals surface area contributed by atoms with Crippen molar-refractivity contribution in [3.63, 3.8) is 0 Å². The Kier molecular flexibility index (Phi) is 5.31. The summed E-state index contributed by atoms with van der Waals surface area (Å²) in [7, 11) is 3.05. The van der Waals surface area contributed by atoms with E-state index >= 15 is 0 Å². The van der Waals surface area contributed by atoms with E-state index in [1.807, 2.05) is 0 Å². The number of carbonyl (C=O) groups is 1. The fourth-order valence-corrected chi connectivity index (χ4v) is 4.11. The maximum Gasteiger partial charge on any atom is 0.356 e. The molecule has 2 atom stereocenters. The third-order valence-corrected chi connectivity index (χ3v) is 5.31. The molecule has 0 aromatic heterocycles. The number of hydrogen-bond donors (Lipinski definition) is 0. The van der Waals surface area contributed by atoms with E-state index in [9.17, 15) is 4.79 Å². The number of methoxy groups -OCH3 is 1. The standard InChI is InChI=1S/C20H25N3O2/c1-4-18(19(24)25-3)22-20(21-2)23-12-16-10-15(11-17(16)13-23)14-8-6-5-7-9-14/h4-9,15-17H,1,10-13H2,2-3H3/b21-20+,22-18+.